The average Bonchev–Trinajstić information content (AvgIpc) is 2.24. The first kappa shape index (κ1) is 10.6. The van der Waals surface area contributed by atoms with Gasteiger partial charge in [0, 0.05) is 7.05 Å². The third-order valence-electron chi connectivity index (χ3n) is 1.95. The van der Waals surface area contributed by atoms with Crippen molar-refractivity contribution in [3.05, 3.63) is 23.0 Å². The van der Waals surface area contributed by atoms with Crippen molar-refractivity contribution in [1.29, 1.82) is 0 Å². The number of carbonyl (C=O) groups excluding carboxylic acids is 1. The van der Waals surface area contributed by atoms with Crippen molar-refractivity contribution < 1.29 is 18.0 Å². The van der Waals surface area contributed by atoms with Gasteiger partial charge in [0.25, 0.3) is 5.91 Å². The molecule has 1 aromatic heterocycles. The Labute approximate surface area is 78.3 Å². The number of amides is 1. The summed E-state index contributed by atoms with van der Waals surface area (Å²) >= 11 is 0. The number of primary amides is 1. The van der Waals surface area contributed by atoms with E-state index in [-0.39, 0.29) is 11.3 Å². The Morgan fingerprint density at radius 2 is 2.00 bits per heavy atom. The third-order valence-corrected chi connectivity index (χ3v) is 1.95. The highest BCUT2D eigenvalue weighted by Crippen LogP contribution is 2.31. The van der Waals surface area contributed by atoms with Gasteiger partial charge in [-0.1, -0.05) is 0 Å². The highest BCUT2D eigenvalue weighted by atomic mass is 19.4. The molecule has 1 rings (SSSR count). The lowest BCUT2D eigenvalue weighted by Crippen LogP contribution is -2.19. The van der Waals surface area contributed by atoms with Crippen LogP contribution in [0.3, 0.4) is 0 Å². The van der Waals surface area contributed by atoms with Gasteiger partial charge in [-0.25, -0.2) is 0 Å². The van der Waals surface area contributed by atoms with Crippen molar-refractivity contribution in [3.63, 3.8) is 0 Å². The maximum absolute atomic E-state index is 12.3. The van der Waals surface area contributed by atoms with Crippen LogP contribution in [0.1, 0.15) is 21.7 Å². The second-order valence-electron chi connectivity index (χ2n) is 2.98. The molecule has 0 saturated heterocycles. The molecule has 0 radical (unpaired) electrons. The summed E-state index contributed by atoms with van der Waals surface area (Å²) in [5.74, 6) is -0.861. The summed E-state index contributed by atoms with van der Waals surface area (Å²) in [4.78, 5) is 10.8. The molecule has 14 heavy (non-hydrogen) atoms. The molecule has 78 valence electrons. The molecule has 0 aliphatic carbocycles. The van der Waals surface area contributed by atoms with E-state index >= 15 is 0 Å². The number of hydrogen-bond acceptors (Lipinski definition) is 1. The minimum atomic E-state index is -4.47. The largest absolute Gasteiger partial charge is 0.431 e. The lowest BCUT2D eigenvalue weighted by Gasteiger charge is -2.08. The summed E-state index contributed by atoms with van der Waals surface area (Å²) in [6.45, 7) is 1.41. The molecule has 2 N–H and O–H groups in total. The summed E-state index contributed by atoms with van der Waals surface area (Å²) < 4.78 is 37.8. The Morgan fingerprint density at radius 3 is 2.21 bits per heavy atom. The second-order valence-corrected chi connectivity index (χ2v) is 2.98. The van der Waals surface area contributed by atoms with E-state index in [4.69, 9.17) is 5.73 Å². The van der Waals surface area contributed by atoms with Gasteiger partial charge < -0.3 is 10.3 Å². The predicted molar refractivity (Wildman–Crippen MR) is 43.7 cm³/mol. The van der Waals surface area contributed by atoms with Gasteiger partial charge in [0.15, 0.2) is 0 Å². The lowest BCUT2D eigenvalue weighted by molar-refractivity contribution is -0.143. The van der Waals surface area contributed by atoms with E-state index in [0.717, 1.165) is 17.7 Å². The van der Waals surface area contributed by atoms with E-state index in [9.17, 15) is 18.0 Å². The molecule has 0 atom stereocenters. The van der Waals surface area contributed by atoms with E-state index < -0.39 is 17.8 Å². The molecule has 0 unspecified atom stereocenters. The Kier molecular flexibility index (Phi) is 2.31. The molecular formula is C8H9F3N2O. The highest BCUT2D eigenvalue weighted by molar-refractivity contribution is 5.93. The van der Waals surface area contributed by atoms with Gasteiger partial charge in [0.2, 0.25) is 0 Å². The number of halogens is 3. The van der Waals surface area contributed by atoms with Crippen LogP contribution in [0.5, 0.6) is 0 Å². The van der Waals surface area contributed by atoms with E-state index in [1.54, 1.807) is 0 Å². The van der Waals surface area contributed by atoms with Crippen LogP contribution in [-0.2, 0) is 13.2 Å². The van der Waals surface area contributed by atoms with E-state index in [1.807, 2.05) is 0 Å². The summed E-state index contributed by atoms with van der Waals surface area (Å²) in [5.41, 5.74) is 4.19. The first-order valence-electron chi connectivity index (χ1n) is 3.78. The Balaban J connectivity index is 3.39. The van der Waals surface area contributed by atoms with Crippen LogP contribution in [0.15, 0.2) is 6.07 Å². The lowest BCUT2D eigenvalue weighted by atomic mass is 10.2. The van der Waals surface area contributed by atoms with Crippen LogP contribution in [0.2, 0.25) is 0 Å². The van der Waals surface area contributed by atoms with Gasteiger partial charge in [-0.05, 0) is 18.6 Å². The van der Waals surface area contributed by atoms with E-state index in [1.165, 1.54) is 6.92 Å². The number of alkyl halides is 3. The molecule has 0 spiro atoms. The smallest absolute Gasteiger partial charge is 0.364 e. The van der Waals surface area contributed by atoms with Crippen LogP contribution >= 0.6 is 0 Å². The van der Waals surface area contributed by atoms with Crippen molar-refractivity contribution in [2.24, 2.45) is 12.8 Å². The number of rotatable bonds is 1. The minimum Gasteiger partial charge on any atom is -0.364 e. The maximum atomic E-state index is 12.3. The average molecular weight is 206 g/mol. The zero-order chi connectivity index (χ0) is 11.1. The number of nitrogens with two attached hydrogens (primary N) is 1. The number of carbonyl (C=O) groups is 1. The molecule has 1 aromatic rings. The summed E-state index contributed by atoms with van der Waals surface area (Å²) in [5, 5.41) is 0. The van der Waals surface area contributed by atoms with Crippen LogP contribution in [0, 0.1) is 6.92 Å². The van der Waals surface area contributed by atoms with Gasteiger partial charge in [0.1, 0.15) is 11.4 Å². The highest BCUT2D eigenvalue weighted by Gasteiger charge is 2.35. The first-order chi connectivity index (χ1) is 6.25. The van der Waals surface area contributed by atoms with Gasteiger partial charge in [-0.15, -0.1) is 0 Å². The zero-order valence-corrected chi connectivity index (χ0v) is 7.64. The first-order valence-corrected chi connectivity index (χ1v) is 3.78. The van der Waals surface area contributed by atoms with Gasteiger partial charge in [-0.2, -0.15) is 13.2 Å². The summed E-state index contributed by atoms with van der Waals surface area (Å²) in [6.07, 6.45) is -4.47. The molecule has 0 saturated carbocycles. The third kappa shape index (κ3) is 1.59. The Morgan fingerprint density at radius 1 is 1.50 bits per heavy atom. The van der Waals surface area contributed by atoms with Crippen LogP contribution in [0.4, 0.5) is 13.2 Å². The van der Waals surface area contributed by atoms with Gasteiger partial charge >= 0.3 is 6.18 Å². The van der Waals surface area contributed by atoms with Crippen molar-refractivity contribution in [3.8, 4) is 0 Å². The molecule has 1 amide bonds. The van der Waals surface area contributed by atoms with Gasteiger partial charge in [-0.3, -0.25) is 4.79 Å². The number of hydrogen-bond donors (Lipinski definition) is 1. The van der Waals surface area contributed by atoms with Crippen LogP contribution in [0.25, 0.3) is 0 Å². The number of aromatic nitrogens is 1. The Bertz CT molecular complexity index is 379. The molecule has 0 aliphatic heterocycles. The van der Waals surface area contributed by atoms with Crippen molar-refractivity contribution in [2.45, 2.75) is 13.1 Å². The molecule has 0 bridgehead atoms. The quantitative estimate of drug-likeness (QED) is 0.742. The summed E-state index contributed by atoms with van der Waals surface area (Å²) in [6, 6.07) is 0.903. The van der Waals surface area contributed by atoms with Crippen molar-refractivity contribution in [2.75, 3.05) is 0 Å². The van der Waals surface area contributed by atoms with Crippen LogP contribution in [-0.4, -0.2) is 10.5 Å². The van der Waals surface area contributed by atoms with Crippen molar-refractivity contribution in [1.82, 2.24) is 4.57 Å². The summed E-state index contributed by atoms with van der Waals surface area (Å²) in [7, 11) is 1.16. The molecule has 0 fully saturated rings. The van der Waals surface area contributed by atoms with E-state index in [2.05, 4.69) is 0 Å². The minimum absolute atomic E-state index is 0.114. The fourth-order valence-electron chi connectivity index (χ4n) is 1.39. The van der Waals surface area contributed by atoms with Gasteiger partial charge in [0.05, 0.1) is 0 Å². The number of nitrogens with zero attached hydrogens (tertiary/aromatic N) is 1. The predicted octanol–water partition coefficient (Wildman–Crippen LogP) is 1.45. The SMILES string of the molecule is Cc1cc(C(F)(F)F)n(C)c1C(N)=O. The fourth-order valence-corrected chi connectivity index (χ4v) is 1.39. The standard InChI is InChI=1S/C8H9F3N2O/c1-4-3-5(8(9,10)11)13(2)6(4)7(12)14/h3H,1-2H3,(H2,12,14). The van der Waals surface area contributed by atoms with E-state index in [0.29, 0.717) is 0 Å². The molecule has 6 heteroatoms. The van der Waals surface area contributed by atoms with Crippen LogP contribution < -0.4 is 5.73 Å². The number of aryl methyl sites for hydroxylation is 1. The normalized spacial score (nSPS) is 11.8. The topological polar surface area (TPSA) is 48.0 Å². The Hall–Kier alpha value is -1.46. The monoisotopic (exact) mass is 206 g/mol. The molecule has 0 aromatic carbocycles. The fraction of sp³-hybridized carbons (Fsp3) is 0.375. The maximum Gasteiger partial charge on any atom is 0.431 e. The molecule has 3 nitrogen and oxygen atoms in total. The van der Waals surface area contributed by atoms with Crippen molar-refractivity contribution >= 4 is 5.91 Å². The molecular weight excluding hydrogens is 197 g/mol. The second kappa shape index (κ2) is 3.04. The zero-order valence-electron chi connectivity index (χ0n) is 7.64. The molecule has 1 heterocycles. The molecule has 0 aliphatic rings.